The summed E-state index contributed by atoms with van der Waals surface area (Å²) < 4.78 is 51.7. The van der Waals surface area contributed by atoms with Crippen molar-refractivity contribution in [2.75, 3.05) is 95.6 Å². The molecule has 344 valence electrons. The Morgan fingerprint density at radius 2 is 1.16 bits per heavy atom. The normalized spacial score (nSPS) is 18.9. The van der Waals surface area contributed by atoms with Crippen LogP contribution in [-0.2, 0) is 30.6 Å². The second-order valence-corrected chi connectivity index (χ2v) is 22.4. The van der Waals surface area contributed by atoms with Crippen molar-refractivity contribution in [2.24, 2.45) is 0 Å². The summed E-state index contributed by atoms with van der Waals surface area (Å²) >= 11 is 12.3. The van der Waals surface area contributed by atoms with E-state index >= 15 is 0 Å². The molecular weight excluding hydrogens is 898 g/mol. The van der Waals surface area contributed by atoms with Gasteiger partial charge in [0.05, 0.1) is 11.9 Å². The number of hydrogen-bond acceptors (Lipinski definition) is 8. The van der Waals surface area contributed by atoms with Crippen LogP contribution in [0.2, 0.25) is 10.0 Å². The zero-order chi connectivity index (χ0) is 45.6. The molecule has 1 amide bonds. The molecule has 6 heterocycles. The summed E-state index contributed by atoms with van der Waals surface area (Å²) in [5, 5.41) is 15.5. The monoisotopic (exact) mass is 953 g/mol. The van der Waals surface area contributed by atoms with Gasteiger partial charge in [0.25, 0.3) is 10.2 Å². The molecule has 10 rings (SSSR count). The molecule has 1 saturated carbocycles. The van der Waals surface area contributed by atoms with Crippen LogP contribution in [0.5, 0.6) is 0 Å². The lowest BCUT2D eigenvalue weighted by molar-refractivity contribution is -0.129. The van der Waals surface area contributed by atoms with E-state index in [4.69, 9.17) is 23.2 Å². The number of aromatic nitrogens is 3. The van der Waals surface area contributed by atoms with Gasteiger partial charge in [0.15, 0.2) is 0 Å². The van der Waals surface area contributed by atoms with E-state index in [0.29, 0.717) is 62.2 Å². The van der Waals surface area contributed by atoms with E-state index < -0.39 is 25.8 Å². The molecule has 64 heavy (non-hydrogen) atoms. The Morgan fingerprint density at radius 1 is 0.672 bits per heavy atom. The number of aromatic amines is 3. The molecule has 0 bridgehead atoms. The van der Waals surface area contributed by atoms with Gasteiger partial charge in [-0.05, 0) is 97.3 Å². The standard InChI is InChI=1S/C17H21N3O.C14H19ClN4O2S.C14H17ClN2O3S/c1-12(21)19-6-8-20(9-7-19)17-11-14(13-2-3-13)10-16-15(17)4-5-18-16;1-17(2)22(20,21)19-7-5-18(6-8-19)14-10-11(15)9-13-12(14)3-4-16-13;1-21(19,20)17-6-3-14(18,4-7-17)12-8-10(15)9-13-11(12)2-5-16-13/h4-5,10-11,13,18H,2-3,6-9H2,1H3;3-4,9-10,16H,5-8H2,1-2H3;2,5,8-9,16,18H,3-4,6-7H2,1H3. The Labute approximate surface area is 385 Å². The van der Waals surface area contributed by atoms with Crippen LogP contribution in [-0.4, -0.2) is 146 Å². The van der Waals surface area contributed by atoms with Crippen molar-refractivity contribution in [2.45, 2.75) is 44.1 Å². The first kappa shape index (κ1) is 46.2. The van der Waals surface area contributed by atoms with Gasteiger partial charge in [0.2, 0.25) is 15.9 Å². The predicted octanol–water partition coefficient (Wildman–Crippen LogP) is 6.53. The highest BCUT2D eigenvalue weighted by Crippen LogP contribution is 2.43. The van der Waals surface area contributed by atoms with Crippen LogP contribution in [0.25, 0.3) is 32.7 Å². The number of benzene rings is 3. The molecule has 0 radical (unpaired) electrons. The summed E-state index contributed by atoms with van der Waals surface area (Å²) in [7, 11) is -3.43. The van der Waals surface area contributed by atoms with Crippen LogP contribution < -0.4 is 9.80 Å². The highest BCUT2D eigenvalue weighted by molar-refractivity contribution is 7.88. The number of sulfonamides is 1. The van der Waals surface area contributed by atoms with Crippen LogP contribution in [0.1, 0.15) is 49.7 Å². The minimum Gasteiger partial charge on any atom is -0.385 e. The molecule has 15 nitrogen and oxygen atoms in total. The van der Waals surface area contributed by atoms with Gasteiger partial charge in [-0.3, -0.25) is 4.79 Å². The fourth-order valence-electron chi connectivity index (χ4n) is 9.08. The Morgan fingerprint density at radius 3 is 1.67 bits per heavy atom. The minimum atomic E-state index is -3.34. The van der Waals surface area contributed by atoms with Crippen molar-refractivity contribution < 1.29 is 26.7 Å². The molecule has 3 aromatic heterocycles. The number of rotatable bonds is 7. The van der Waals surface area contributed by atoms with E-state index in [9.17, 15) is 26.7 Å². The molecule has 0 unspecified atom stereocenters. The lowest BCUT2D eigenvalue weighted by Crippen LogP contribution is -2.51. The van der Waals surface area contributed by atoms with Gasteiger partial charge in [0.1, 0.15) is 0 Å². The molecule has 4 aliphatic rings. The van der Waals surface area contributed by atoms with E-state index in [1.807, 2.05) is 47.6 Å². The second kappa shape index (κ2) is 18.5. The Hall–Kier alpha value is -4.33. The number of halogens is 2. The topological polar surface area (TPSA) is 172 Å². The van der Waals surface area contributed by atoms with Crippen molar-refractivity contribution in [3.63, 3.8) is 0 Å². The van der Waals surface area contributed by atoms with Gasteiger partial charge in [-0.25, -0.2) is 12.7 Å². The second-order valence-electron chi connectivity index (χ2n) is 17.4. The summed E-state index contributed by atoms with van der Waals surface area (Å²) in [6.45, 7) is 8.03. The van der Waals surface area contributed by atoms with E-state index in [0.717, 1.165) is 65.2 Å². The molecule has 6 aromatic rings. The maximum Gasteiger partial charge on any atom is 0.281 e. The lowest BCUT2D eigenvalue weighted by atomic mass is 9.83. The number of H-pyrrole nitrogens is 3. The summed E-state index contributed by atoms with van der Waals surface area (Å²) in [5.74, 6) is 0.947. The van der Waals surface area contributed by atoms with Crippen LogP contribution in [0.4, 0.5) is 11.4 Å². The van der Waals surface area contributed by atoms with Crippen LogP contribution in [0, 0.1) is 0 Å². The number of anilines is 2. The molecule has 0 spiro atoms. The number of piperidine rings is 1. The maximum atomic E-state index is 12.2. The zero-order valence-corrected chi connectivity index (χ0v) is 39.8. The van der Waals surface area contributed by atoms with E-state index in [1.165, 1.54) is 54.2 Å². The molecular formula is C45H57Cl2N9O6S2. The molecule has 3 aromatic carbocycles. The molecule has 4 N–H and O–H groups in total. The number of carbonyl (C=O) groups excluding carboxylic acids is 1. The SMILES string of the molecule is CC(=O)N1CCN(c2cc(C3CC3)cc3[nH]ccc23)CC1.CN(C)S(=O)(=O)N1CCN(c2cc(Cl)cc3[nH]ccc23)CC1.CS(=O)(=O)N1CCC(O)(c2cc(Cl)cc3[nH]ccc23)CC1. The summed E-state index contributed by atoms with van der Waals surface area (Å²) in [4.78, 5) is 27.6. The van der Waals surface area contributed by atoms with Gasteiger partial charge in [-0.2, -0.15) is 17.0 Å². The van der Waals surface area contributed by atoms with Crippen molar-refractivity contribution in [3.8, 4) is 0 Å². The van der Waals surface area contributed by atoms with Gasteiger partial charge in [0, 0.05) is 159 Å². The smallest absolute Gasteiger partial charge is 0.281 e. The number of piperazine rings is 2. The largest absolute Gasteiger partial charge is 0.385 e. The fourth-order valence-corrected chi connectivity index (χ4v) is 11.4. The number of fused-ring (bicyclic) bond motifs is 3. The van der Waals surface area contributed by atoms with E-state index in [2.05, 4.69) is 43.0 Å². The number of carbonyl (C=O) groups is 1. The Bertz CT molecular complexity index is 2850. The molecule has 3 saturated heterocycles. The summed E-state index contributed by atoms with van der Waals surface area (Å²) in [6, 6.07) is 18.2. The van der Waals surface area contributed by atoms with Gasteiger partial charge >= 0.3 is 0 Å². The fraction of sp³-hybridized carbons (Fsp3) is 0.444. The molecule has 1 aliphatic carbocycles. The third kappa shape index (κ3) is 9.92. The lowest BCUT2D eigenvalue weighted by Gasteiger charge is -2.37. The predicted molar refractivity (Wildman–Crippen MR) is 257 cm³/mol. The highest BCUT2D eigenvalue weighted by atomic mass is 35.5. The van der Waals surface area contributed by atoms with Crippen LogP contribution >= 0.6 is 23.2 Å². The highest BCUT2D eigenvalue weighted by Gasteiger charge is 2.38. The third-order valence-electron chi connectivity index (χ3n) is 12.9. The van der Waals surface area contributed by atoms with Crippen molar-refractivity contribution >= 4 is 93.4 Å². The minimum absolute atomic E-state index is 0.188. The molecule has 0 atom stereocenters. The molecule has 3 aliphatic heterocycles. The average molecular weight is 955 g/mol. The van der Waals surface area contributed by atoms with Crippen molar-refractivity contribution in [1.82, 2.24) is 32.8 Å². The number of amides is 1. The van der Waals surface area contributed by atoms with E-state index in [-0.39, 0.29) is 5.91 Å². The maximum absolute atomic E-state index is 12.2. The van der Waals surface area contributed by atoms with E-state index in [1.54, 1.807) is 33.3 Å². The third-order valence-corrected chi connectivity index (χ3v) is 16.6. The van der Waals surface area contributed by atoms with Crippen LogP contribution in [0.3, 0.4) is 0 Å². The van der Waals surface area contributed by atoms with Gasteiger partial charge < -0.3 is 34.8 Å². The van der Waals surface area contributed by atoms with Gasteiger partial charge in [-0.15, -0.1) is 0 Å². The summed E-state index contributed by atoms with van der Waals surface area (Å²) in [5.41, 5.74) is 6.66. The average Bonchev–Trinajstić information content (AvgIpc) is 3.56. The number of nitrogens with one attached hydrogen (secondary N) is 3. The van der Waals surface area contributed by atoms with Crippen LogP contribution in [0.15, 0.2) is 73.2 Å². The quantitative estimate of drug-likeness (QED) is 0.140. The molecule has 4 fully saturated rings. The number of nitrogens with zero attached hydrogens (tertiary/aromatic N) is 6. The number of hydrogen-bond donors (Lipinski definition) is 4. The summed E-state index contributed by atoms with van der Waals surface area (Å²) in [6.07, 6.45) is 10.3. The first-order valence-corrected chi connectivity index (χ1v) is 25.7. The van der Waals surface area contributed by atoms with Crippen molar-refractivity contribution in [3.05, 3.63) is 94.4 Å². The van der Waals surface area contributed by atoms with Crippen molar-refractivity contribution in [1.29, 1.82) is 0 Å². The first-order valence-electron chi connectivity index (χ1n) is 21.7. The number of aliphatic hydroxyl groups is 1. The first-order chi connectivity index (χ1) is 30.4. The molecule has 19 heteroatoms. The zero-order valence-electron chi connectivity index (χ0n) is 36.6. The Kier molecular flexibility index (Phi) is 13.4. The Balaban J connectivity index is 0.000000131. The van der Waals surface area contributed by atoms with Gasteiger partial charge in [-0.1, -0.05) is 23.2 Å².